The molecule has 4 aromatic rings. The van der Waals surface area contributed by atoms with Gasteiger partial charge in [0.15, 0.2) is 5.76 Å². The molecule has 0 bridgehead atoms. The Balaban J connectivity index is 1.53. The van der Waals surface area contributed by atoms with Gasteiger partial charge < -0.3 is 4.52 Å². The normalized spacial score (nSPS) is 10.8. The van der Waals surface area contributed by atoms with Crippen LogP contribution in [0.5, 0.6) is 0 Å². The van der Waals surface area contributed by atoms with Crippen LogP contribution in [0.2, 0.25) is 0 Å². The molecule has 0 aliphatic heterocycles. The lowest BCUT2D eigenvalue weighted by Gasteiger charge is -1.93. The van der Waals surface area contributed by atoms with Gasteiger partial charge in [0.1, 0.15) is 12.2 Å². The molecule has 23 heavy (non-hydrogen) atoms. The monoisotopic (exact) mass is 303 g/mol. The molecule has 2 aromatic heterocycles. The molecule has 0 amide bonds. The molecule has 0 fully saturated rings. The van der Waals surface area contributed by atoms with E-state index in [1.807, 2.05) is 66.7 Å². The molecule has 2 heterocycles. The van der Waals surface area contributed by atoms with Crippen LogP contribution in [-0.4, -0.2) is 25.4 Å². The average molecular weight is 303 g/mol. The van der Waals surface area contributed by atoms with Crippen LogP contribution in [0.4, 0.5) is 0 Å². The van der Waals surface area contributed by atoms with E-state index in [2.05, 4.69) is 20.6 Å². The van der Waals surface area contributed by atoms with Gasteiger partial charge in [-0.15, -0.1) is 10.2 Å². The van der Waals surface area contributed by atoms with Gasteiger partial charge in [0.2, 0.25) is 5.82 Å². The van der Waals surface area contributed by atoms with Crippen LogP contribution in [0.15, 0.2) is 71.3 Å². The lowest BCUT2D eigenvalue weighted by molar-refractivity contribution is 0.364. The Bertz CT molecular complexity index is 823. The summed E-state index contributed by atoms with van der Waals surface area (Å²) in [6, 6.07) is 21.5. The maximum absolute atomic E-state index is 5.36. The Morgan fingerprint density at radius 3 is 2.30 bits per heavy atom. The Kier molecular flexibility index (Phi) is 3.40. The summed E-state index contributed by atoms with van der Waals surface area (Å²) in [6.45, 7) is 0.389. The Hall–Kier alpha value is -3.28. The summed E-state index contributed by atoms with van der Waals surface area (Å²) >= 11 is 0. The molecular weight excluding hydrogens is 290 g/mol. The van der Waals surface area contributed by atoms with Crippen LogP contribution >= 0.6 is 0 Å². The van der Waals surface area contributed by atoms with Crippen LogP contribution < -0.4 is 0 Å². The molecule has 4 rings (SSSR count). The smallest absolute Gasteiger partial charge is 0.204 e. The van der Waals surface area contributed by atoms with Gasteiger partial charge in [0.25, 0.3) is 0 Å². The van der Waals surface area contributed by atoms with Crippen LogP contribution in [0.25, 0.3) is 22.6 Å². The third-order valence-electron chi connectivity index (χ3n) is 3.41. The molecule has 112 valence electrons. The van der Waals surface area contributed by atoms with Crippen molar-refractivity contribution in [2.45, 2.75) is 6.54 Å². The van der Waals surface area contributed by atoms with E-state index < -0.39 is 0 Å². The second kappa shape index (κ2) is 5.84. The minimum absolute atomic E-state index is 0.389. The van der Waals surface area contributed by atoms with Gasteiger partial charge >= 0.3 is 0 Å². The first-order chi connectivity index (χ1) is 11.4. The fraction of sp³-hybridized carbons (Fsp3) is 0.0588. The fourth-order valence-electron chi connectivity index (χ4n) is 2.28. The molecule has 0 N–H and O–H groups in total. The topological polar surface area (TPSA) is 69.6 Å². The van der Waals surface area contributed by atoms with E-state index in [1.54, 1.807) is 0 Å². The van der Waals surface area contributed by atoms with Crippen molar-refractivity contribution in [2.24, 2.45) is 0 Å². The summed E-state index contributed by atoms with van der Waals surface area (Å²) in [6.07, 6.45) is 0. The lowest BCUT2D eigenvalue weighted by atomic mass is 10.1. The van der Waals surface area contributed by atoms with Gasteiger partial charge in [-0.2, -0.15) is 4.80 Å². The van der Waals surface area contributed by atoms with Crippen molar-refractivity contribution in [3.63, 3.8) is 0 Å². The number of hydrogen-bond donors (Lipinski definition) is 0. The summed E-state index contributed by atoms with van der Waals surface area (Å²) in [5.41, 5.74) is 2.74. The van der Waals surface area contributed by atoms with E-state index in [9.17, 15) is 0 Å². The predicted molar refractivity (Wildman–Crippen MR) is 84.3 cm³/mol. The van der Waals surface area contributed by atoms with Gasteiger partial charge in [-0.05, 0) is 5.21 Å². The SMILES string of the molecule is c1ccc(-c2cc(Cn3nnc(-c4ccccc4)n3)on2)cc1. The van der Waals surface area contributed by atoms with Gasteiger partial charge in [0.05, 0.1) is 0 Å². The van der Waals surface area contributed by atoms with Crippen LogP contribution in [0.3, 0.4) is 0 Å². The Morgan fingerprint density at radius 1 is 0.870 bits per heavy atom. The summed E-state index contributed by atoms with van der Waals surface area (Å²) in [7, 11) is 0. The molecule has 0 aliphatic rings. The number of tetrazole rings is 1. The summed E-state index contributed by atoms with van der Waals surface area (Å²) in [5, 5.41) is 16.6. The molecule has 6 heteroatoms. The first-order valence-corrected chi connectivity index (χ1v) is 7.23. The predicted octanol–water partition coefficient (Wildman–Crippen LogP) is 3.04. The molecule has 0 aliphatic carbocycles. The molecule has 0 saturated heterocycles. The van der Waals surface area contributed by atoms with Crippen molar-refractivity contribution in [3.05, 3.63) is 72.5 Å². The molecule has 0 saturated carbocycles. The van der Waals surface area contributed by atoms with E-state index in [4.69, 9.17) is 4.52 Å². The standard InChI is InChI=1S/C17H13N5O/c1-3-7-13(8-4-1)16-11-15(23-20-16)12-22-19-17(18-21-22)14-9-5-2-6-10-14/h1-11H,12H2. The minimum atomic E-state index is 0.389. The molecule has 6 nitrogen and oxygen atoms in total. The second-order valence-electron chi connectivity index (χ2n) is 5.05. The minimum Gasteiger partial charge on any atom is -0.359 e. The van der Waals surface area contributed by atoms with Crippen LogP contribution in [0, 0.1) is 0 Å². The van der Waals surface area contributed by atoms with E-state index in [0.29, 0.717) is 18.1 Å². The first-order valence-electron chi connectivity index (χ1n) is 7.23. The van der Waals surface area contributed by atoms with Crippen molar-refractivity contribution in [1.29, 1.82) is 0 Å². The van der Waals surface area contributed by atoms with Crippen molar-refractivity contribution in [1.82, 2.24) is 25.4 Å². The van der Waals surface area contributed by atoms with E-state index >= 15 is 0 Å². The zero-order valence-corrected chi connectivity index (χ0v) is 12.2. The van der Waals surface area contributed by atoms with Crippen molar-refractivity contribution in [2.75, 3.05) is 0 Å². The highest BCUT2D eigenvalue weighted by atomic mass is 16.5. The average Bonchev–Trinajstić information content (AvgIpc) is 3.27. The Labute approximate surface area is 132 Å². The van der Waals surface area contributed by atoms with E-state index in [-0.39, 0.29) is 0 Å². The van der Waals surface area contributed by atoms with Crippen LogP contribution in [0.1, 0.15) is 5.76 Å². The number of aromatic nitrogens is 5. The zero-order chi connectivity index (χ0) is 15.5. The highest BCUT2D eigenvalue weighted by molar-refractivity contribution is 5.58. The highest BCUT2D eigenvalue weighted by Gasteiger charge is 2.10. The fourth-order valence-corrected chi connectivity index (χ4v) is 2.28. The summed E-state index contributed by atoms with van der Waals surface area (Å²) < 4.78 is 5.36. The third-order valence-corrected chi connectivity index (χ3v) is 3.41. The van der Waals surface area contributed by atoms with Crippen molar-refractivity contribution < 1.29 is 4.52 Å². The zero-order valence-electron chi connectivity index (χ0n) is 12.2. The molecule has 2 aromatic carbocycles. The number of rotatable bonds is 4. The number of hydrogen-bond acceptors (Lipinski definition) is 5. The maximum Gasteiger partial charge on any atom is 0.204 e. The summed E-state index contributed by atoms with van der Waals surface area (Å²) in [5.74, 6) is 1.27. The molecule has 0 unspecified atom stereocenters. The second-order valence-corrected chi connectivity index (χ2v) is 5.05. The lowest BCUT2D eigenvalue weighted by Crippen LogP contribution is -2.03. The van der Waals surface area contributed by atoms with Gasteiger partial charge in [-0.1, -0.05) is 65.8 Å². The van der Waals surface area contributed by atoms with E-state index in [0.717, 1.165) is 16.8 Å². The first kappa shape index (κ1) is 13.4. The van der Waals surface area contributed by atoms with Gasteiger partial charge in [0, 0.05) is 17.2 Å². The molecule has 0 radical (unpaired) electrons. The maximum atomic E-state index is 5.36. The van der Waals surface area contributed by atoms with Crippen LogP contribution in [-0.2, 0) is 6.54 Å². The number of benzene rings is 2. The van der Waals surface area contributed by atoms with Crippen molar-refractivity contribution in [3.8, 4) is 22.6 Å². The Morgan fingerprint density at radius 2 is 1.57 bits per heavy atom. The molecule has 0 spiro atoms. The molecule has 0 atom stereocenters. The van der Waals surface area contributed by atoms with E-state index in [1.165, 1.54) is 4.80 Å². The molecular formula is C17H13N5O. The number of nitrogens with zero attached hydrogens (tertiary/aromatic N) is 5. The summed E-state index contributed by atoms with van der Waals surface area (Å²) in [4.78, 5) is 1.50. The van der Waals surface area contributed by atoms with Gasteiger partial charge in [-0.3, -0.25) is 0 Å². The quantitative estimate of drug-likeness (QED) is 0.579. The highest BCUT2D eigenvalue weighted by Crippen LogP contribution is 2.19. The third kappa shape index (κ3) is 2.87. The van der Waals surface area contributed by atoms with Crippen molar-refractivity contribution >= 4 is 0 Å². The van der Waals surface area contributed by atoms with Gasteiger partial charge in [-0.25, -0.2) is 0 Å². The largest absolute Gasteiger partial charge is 0.359 e.